The molecule has 5 N–H and O–H groups in total. The van der Waals surface area contributed by atoms with Crippen molar-refractivity contribution in [2.24, 2.45) is 0 Å². The summed E-state index contributed by atoms with van der Waals surface area (Å²) in [7, 11) is 0. The Morgan fingerprint density at radius 2 is 1.69 bits per heavy atom. The Morgan fingerprint density at radius 3 is 2.29 bits per heavy atom. The van der Waals surface area contributed by atoms with Gasteiger partial charge >= 0.3 is 5.97 Å². The molecule has 0 aromatic heterocycles. The number of aliphatic hydroxyl groups excluding tert-OH is 4. The van der Waals surface area contributed by atoms with Gasteiger partial charge in [-0.3, -0.25) is 9.59 Å². The molecule has 2 saturated heterocycles. The third kappa shape index (κ3) is 6.74. The second-order valence-electron chi connectivity index (χ2n) is 8.60. The highest BCUT2D eigenvalue weighted by molar-refractivity contribution is 5.73. The van der Waals surface area contributed by atoms with E-state index in [1.807, 2.05) is 30.3 Å². The molecular formula is C23H33NO11. The molecule has 2 fully saturated rings. The molecule has 196 valence electrons. The van der Waals surface area contributed by atoms with Gasteiger partial charge in [0.1, 0.15) is 30.5 Å². The van der Waals surface area contributed by atoms with E-state index >= 15 is 0 Å². The number of esters is 1. The Bertz CT molecular complexity index is 840. The Kier molecular flexibility index (Phi) is 9.55. The van der Waals surface area contributed by atoms with E-state index in [4.69, 9.17) is 23.7 Å². The number of carbonyl (C=O) groups excluding carboxylic acids is 2. The van der Waals surface area contributed by atoms with Gasteiger partial charge in [-0.05, 0) is 12.5 Å². The van der Waals surface area contributed by atoms with Crippen LogP contribution in [0.4, 0.5) is 0 Å². The van der Waals surface area contributed by atoms with Crippen LogP contribution in [-0.2, 0) is 39.9 Å². The van der Waals surface area contributed by atoms with Crippen molar-refractivity contribution < 1.29 is 53.7 Å². The highest BCUT2D eigenvalue weighted by Gasteiger charge is 2.52. The van der Waals surface area contributed by atoms with Gasteiger partial charge in [0.05, 0.1) is 19.3 Å². The number of hydrogen-bond donors (Lipinski definition) is 5. The molecule has 0 saturated carbocycles. The van der Waals surface area contributed by atoms with Gasteiger partial charge in [-0.2, -0.15) is 0 Å². The lowest BCUT2D eigenvalue weighted by atomic mass is 9.95. The summed E-state index contributed by atoms with van der Waals surface area (Å²) in [4.78, 5) is 23.7. The van der Waals surface area contributed by atoms with Crippen LogP contribution in [-0.4, -0.2) is 100 Å². The van der Waals surface area contributed by atoms with E-state index in [0.717, 1.165) is 5.56 Å². The number of hydrogen-bond acceptors (Lipinski definition) is 11. The number of aliphatic hydroxyl groups is 4. The first-order chi connectivity index (χ1) is 16.6. The summed E-state index contributed by atoms with van der Waals surface area (Å²) in [5.41, 5.74) is 0.856. The Labute approximate surface area is 202 Å². The van der Waals surface area contributed by atoms with Crippen LogP contribution in [0.25, 0.3) is 0 Å². The molecule has 35 heavy (non-hydrogen) atoms. The predicted molar refractivity (Wildman–Crippen MR) is 117 cm³/mol. The van der Waals surface area contributed by atoms with Crippen LogP contribution < -0.4 is 5.32 Å². The minimum Gasteiger partial charge on any atom is -0.457 e. The summed E-state index contributed by atoms with van der Waals surface area (Å²) in [5.74, 6) is -1.21. The van der Waals surface area contributed by atoms with Gasteiger partial charge in [0, 0.05) is 13.8 Å². The highest BCUT2D eigenvalue weighted by atomic mass is 16.7. The molecule has 0 radical (unpaired) electrons. The molecule has 0 spiro atoms. The van der Waals surface area contributed by atoms with Crippen molar-refractivity contribution in [3.63, 3.8) is 0 Å². The van der Waals surface area contributed by atoms with Crippen molar-refractivity contribution in [3.05, 3.63) is 35.9 Å². The van der Waals surface area contributed by atoms with Crippen molar-refractivity contribution in [2.45, 2.75) is 88.7 Å². The molecule has 3 rings (SSSR count). The minimum absolute atomic E-state index is 0.158. The molecule has 0 bridgehead atoms. The summed E-state index contributed by atoms with van der Waals surface area (Å²) in [5, 5.41) is 43.4. The smallest absolute Gasteiger partial charge is 0.303 e. The Morgan fingerprint density at radius 1 is 1.00 bits per heavy atom. The number of benzene rings is 1. The largest absolute Gasteiger partial charge is 0.457 e. The monoisotopic (exact) mass is 499 g/mol. The molecule has 2 aliphatic rings. The maximum Gasteiger partial charge on any atom is 0.303 e. The van der Waals surface area contributed by atoms with Gasteiger partial charge < -0.3 is 49.4 Å². The molecule has 1 amide bonds. The van der Waals surface area contributed by atoms with E-state index in [2.05, 4.69) is 5.32 Å². The van der Waals surface area contributed by atoms with Crippen LogP contribution in [0.2, 0.25) is 0 Å². The fraction of sp³-hybridized carbons (Fsp3) is 0.652. The van der Waals surface area contributed by atoms with E-state index in [9.17, 15) is 30.0 Å². The van der Waals surface area contributed by atoms with Crippen LogP contribution in [0.3, 0.4) is 0 Å². The van der Waals surface area contributed by atoms with Gasteiger partial charge in [-0.15, -0.1) is 0 Å². The molecule has 2 heterocycles. The summed E-state index contributed by atoms with van der Waals surface area (Å²) in [6.45, 7) is 3.54. The van der Waals surface area contributed by atoms with Gasteiger partial charge in [0.25, 0.3) is 0 Å². The van der Waals surface area contributed by atoms with Crippen molar-refractivity contribution >= 4 is 11.9 Å². The van der Waals surface area contributed by atoms with Crippen molar-refractivity contribution in [3.8, 4) is 0 Å². The zero-order valence-corrected chi connectivity index (χ0v) is 19.7. The second-order valence-corrected chi connectivity index (χ2v) is 8.60. The average molecular weight is 500 g/mol. The number of carbonyl (C=O) groups is 2. The fourth-order valence-corrected chi connectivity index (χ4v) is 4.20. The van der Waals surface area contributed by atoms with E-state index in [0.29, 0.717) is 0 Å². The van der Waals surface area contributed by atoms with Crippen molar-refractivity contribution in [2.75, 3.05) is 6.61 Å². The maximum atomic E-state index is 11.9. The molecule has 0 unspecified atom stereocenters. The van der Waals surface area contributed by atoms with Crippen LogP contribution >= 0.6 is 0 Å². The fourth-order valence-electron chi connectivity index (χ4n) is 4.20. The van der Waals surface area contributed by atoms with Crippen LogP contribution in [0, 0.1) is 0 Å². The molecule has 12 heteroatoms. The summed E-state index contributed by atoms with van der Waals surface area (Å²) in [6, 6.07) is 8.00. The standard InChI is InChI=1S/C23H33NO11/c1-11-19(31-10-14-7-5-4-6-8-14)20(33-13(3)27)21(22(30)32-11)35-23-16(24-12(2)26)18(29)17(28)15(9-25)34-23/h4-8,11,15-23,25,28-30H,9-10H2,1-3H3,(H,24,26)/t11-,15+,16+,17-,18+,19-,20+,21+,22+,23-/m0/s1. The third-order valence-electron chi connectivity index (χ3n) is 5.87. The maximum absolute atomic E-state index is 11.9. The number of ether oxygens (including phenoxy) is 5. The zero-order valence-electron chi connectivity index (χ0n) is 19.7. The molecule has 1 aromatic carbocycles. The van der Waals surface area contributed by atoms with E-state index in [1.165, 1.54) is 13.8 Å². The molecule has 2 aliphatic heterocycles. The number of amides is 1. The number of rotatable bonds is 8. The quantitative estimate of drug-likeness (QED) is 0.265. The van der Waals surface area contributed by atoms with E-state index in [1.54, 1.807) is 6.92 Å². The summed E-state index contributed by atoms with van der Waals surface area (Å²) in [6.07, 6.45) is -11.4. The van der Waals surface area contributed by atoms with E-state index < -0.39 is 79.8 Å². The predicted octanol–water partition coefficient (Wildman–Crippen LogP) is -1.43. The third-order valence-corrected chi connectivity index (χ3v) is 5.87. The first-order valence-electron chi connectivity index (χ1n) is 11.3. The van der Waals surface area contributed by atoms with E-state index in [-0.39, 0.29) is 6.61 Å². The zero-order chi connectivity index (χ0) is 25.7. The average Bonchev–Trinajstić information content (AvgIpc) is 2.80. The molecule has 0 aliphatic carbocycles. The van der Waals surface area contributed by atoms with Crippen LogP contribution in [0.5, 0.6) is 0 Å². The lowest BCUT2D eigenvalue weighted by Crippen LogP contribution is -2.67. The molecular weight excluding hydrogens is 466 g/mol. The first-order valence-corrected chi connectivity index (χ1v) is 11.3. The van der Waals surface area contributed by atoms with Crippen molar-refractivity contribution in [1.82, 2.24) is 5.32 Å². The van der Waals surface area contributed by atoms with Gasteiger partial charge in [-0.1, -0.05) is 30.3 Å². The molecule has 1 aromatic rings. The molecule has 12 nitrogen and oxygen atoms in total. The van der Waals surface area contributed by atoms with Gasteiger partial charge in [-0.25, -0.2) is 0 Å². The normalized spacial score (nSPS) is 37.5. The summed E-state index contributed by atoms with van der Waals surface area (Å²) < 4.78 is 28.5. The first kappa shape index (κ1) is 27.4. The topological polar surface area (TPSA) is 173 Å². The lowest BCUT2D eigenvalue weighted by Gasteiger charge is -2.47. The number of nitrogens with one attached hydrogen (secondary N) is 1. The van der Waals surface area contributed by atoms with Gasteiger partial charge in [0.15, 0.2) is 24.8 Å². The van der Waals surface area contributed by atoms with Crippen LogP contribution in [0.15, 0.2) is 30.3 Å². The lowest BCUT2D eigenvalue weighted by molar-refractivity contribution is -0.349. The Balaban J connectivity index is 1.85. The SMILES string of the molecule is CC(=O)N[C@H]1[C@H](O[C@@H]2[C@H](OC(C)=O)[C@@H](OCc3ccccc3)[C@H](C)O[C@H]2O)O[C@H](CO)[C@H](O)[C@@H]1O. The van der Waals surface area contributed by atoms with Gasteiger partial charge in [0.2, 0.25) is 5.91 Å². The highest BCUT2D eigenvalue weighted by Crippen LogP contribution is 2.31. The van der Waals surface area contributed by atoms with Crippen molar-refractivity contribution in [1.29, 1.82) is 0 Å². The second kappa shape index (κ2) is 12.2. The Hall–Kier alpha value is -2.16. The molecule has 10 atom stereocenters. The minimum atomic E-state index is -1.59. The van der Waals surface area contributed by atoms with Crippen LogP contribution in [0.1, 0.15) is 26.3 Å². The summed E-state index contributed by atoms with van der Waals surface area (Å²) >= 11 is 0.